The fourth-order valence-electron chi connectivity index (χ4n) is 3.26. The number of methoxy groups -OCH3 is 1. The Morgan fingerprint density at radius 3 is 1.97 bits per heavy atom. The zero-order valence-electron chi connectivity index (χ0n) is 18.7. The molecule has 0 saturated heterocycles. The molecule has 0 saturated carbocycles. The van der Waals surface area contributed by atoms with Crippen LogP contribution in [0.1, 0.15) is 29.7 Å². The monoisotopic (exact) mass is 452 g/mol. The van der Waals surface area contributed by atoms with Crippen molar-refractivity contribution < 1.29 is 17.9 Å². The molecule has 0 aliphatic heterocycles. The highest BCUT2D eigenvalue weighted by atomic mass is 32.2. The molecule has 168 valence electrons. The third kappa shape index (κ3) is 5.48. The molecule has 6 nitrogen and oxygen atoms in total. The minimum absolute atomic E-state index is 0.123. The number of carbonyl (C=O) groups excluding carboxylic acids is 1. The third-order valence-electron chi connectivity index (χ3n) is 5.21. The van der Waals surface area contributed by atoms with Crippen LogP contribution in [0.25, 0.3) is 0 Å². The van der Waals surface area contributed by atoms with Gasteiger partial charge in [-0.2, -0.15) is 0 Å². The predicted octanol–water partition coefficient (Wildman–Crippen LogP) is 4.38. The molecule has 1 N–H and O–H groups in total. The minimum atomic E-state index is -3.96. The molecular formula is C25H28N2O4S. The molecule has 0 fully saturated rings. The van der Waals surface area contributed by atoms with Gasteiger partial charge in [-0.05, 0) is 62.7 Å². The quantitative estimate of drug-likeness (QED) is 0.550. The minimum Gasteiger partial charge on any atom is -0.497 e. The third-order valence-corrected chi connectivity index (χ3v) is 7.00. The Labute approximate surface area is 189 Å². The molecule has 0 aliphatic carbocycles. The lowest BCUT2D eigenvalue weighted by molar-refractivity contribution is -0.120. The fraction of sp³-hybridized carbons (Fsp3) is 0.240. The van der Waals surface area contributed by atoms with E-state index in [1.807, 2.05) is 45.0 Å². The summed E-state index contributed by atoms with van der Waals surface area (Å²) in [6, 6.07) is 20.7. The van der Waals surface area contributed by atoms with Gasteiger partial charge in [-0.25, -0.2) is 8.42 Å². The van der Waals surface area contributed by atoms with Crippen LogP contribution in [-0.2, 0) is 14.8 Å². The summed E-state index contributed by atoms with van der Waals surface area (Å²) in [6.07, 6.45) is 0. The number of nitrogens with one attached hydrogen (secondary N) is 1. The van der Waals surface area contributed by atoms with Crippen molar-refractivity contribution in [1.29, 1.82) is 0 Å². The Bertz CT molecular complexity index is 1160. The van der Waals surface area contributed by atoms with Crippen LogP contribution in [0.4, 0.5) is 5.69 Å². The number of sulfonamides is 1. The van der Waals surface area contributed by atoms with E-state index < -0.39 is 15.9 Å². The van der Waals surface area contributed by atoms with E-state index >= 15 is 0 Å². The molecule has 0 radical (unpaired) electrons. The van der Waals surface area contributed by atoms with Crippen LogP contribution in [0.3, 0.4) is 0 Å². The topological polar surface area (TPSA) is 75.7 Å². The van der Waals surface area contributed by atoms with Crippen LogP contribution in [0.5, 0.6) is 5.75 Å². The lowest BCUT2D eigenvalue weighted by atomic mass is 10.1. The lowest BCUT2D eigenvalue weighted by Gasteiger charge is -2.25. The standard InChI is InChI=1S/C25H28N2O4S/c1-18-5-9-21(10-6-18)20(3)26-25(28)17-27(22-11-13-23(31-4)14-12-22)32(29,30)24-15-7-19(2)8-16-24/h5-16,20H,17H2,1-4H3,(H,26,28). The predicted molar refractivity (Wildman–Crippen MR) is 126 cm³/mol. The molecule has 3 aromatic carbocycles. The first-order chi connectivity index (χ1) is 15.2. The first-order valence-corrected chi connectivity index (χ1v) is 11.7. The number of rotatable bonds is 8. The van der Waals surface area contributed by atoms with E-state index in [2.05, 4.69) is 5.32 Å². The van der Waals surface area contributed by atoms with E-state index in [0.29, 0.717) is 11.4 Å². The molecule has 32 heavy (non-hydrogen) atoms. The average Bonchev–Trinajstić information content (AvgIpc) is 2.78. The Balaban J connectivity index is 1.88. The first-order valence-electron chi connectivity index (χ1n) is 10.3. The second kappa shape index (κ2) is 9.87. The van der Waals surface area contributed by atoms with Crippen molar-refractivity contribution in [2.24, 2.45) is 0 Å². The summed E-state index contributed by atoms with van der Waals surface area (Å²) >= 11 is 0. The molecule has 1 unspecified atom stereocenters. The Morgan fingerprint density at radius 1 is 0.906 bits per heavy atom. The van der Waals surface area contributed by atoms with Crippen LogP contribution >= 0.6 is 0 Å². The van der Waals surface area contributed by atoms with Crippen molar-refractivity contribution in [1.82, 2.24) is 5.32 Å². The van der Waals surface area contributed by atoms with E-state index in [1.54, 1.807) is 48.5 Å². The fourth-order valence-corrected chi connectivity index (χ4v) is 4.68. The van der Waals surface area contributed by atoms with Crippen LogP contribution in [-0.4, -0.2) is 28.0 Å². The number of amides is 1. The van der Waals surface area contributed by atoms with Gasteiger partial charge in [0.25, 0.3) is 10.0 Å². The highest BCUT2D eigenvalue weighted by molar-refractivity contribution is 7.92. The highest BCUT2D eigenvalue weighted by Crippen LogP contribution is 2.26. The molecule has 0 bridgehead atoms. The summed E-state index contributed by atoms with van der Waals surface area (Å²) in [7, 11) is -2.42. The Kier molecular flexibility index (Phi) is 7.20. The number of ether oxygens (including phenoxy) is 1. The second-order valence-corrected chi connectivity index (χ2v) is 9.58. The summed E-state index contributed by atoms with van der Waals surface area (Å²) in [5.74, 6) is 0.198. The molecule has 3 rings (SSSR count). The summed E-state index contributed by atoms with van der Waals surface area (Å²) in [5, 5.41) is 2.90. The normalized spacial score (nSPS) is 12.1. The van der Waals surface area contributed by atoms with E-state index in [4.69, 9.17) is 4.74 Å². The molecule has 0 spiro atoms. The van der Waals surface area contributed by atoms with Crippen molar-refractivity contribution in [3.8, 4) is 5.75 Å². The van der Waals surface area contributed by atoms with Gasteiger partial charge in [-0.1, -0.05) is 47.5 Å². The van der Waals surface area contributed by atoms with Crippen LogP contribution in [0, 0.1) is 13.8 Å². The number of nitrogens with zero attached hydrogens (tertiary/aromatic N) is 1. The SMILES string of the molecule is COc1ccc(N(CC(=O)NC(C)c2ccc(C)cc2)S(=O)(=O)c2ccc(C)cc2)cc1. The first kappa shape index (κ1) is 23.3. The summed E-state index contributed by atoms with van der Waals surface area (Å²) in [5.41, 5.74) is 3.40. The van der Waals surface area contributed by atoms with E-state index in [9.17, 15) is 13.2 Å². The second-order valence-electron chi connectivity index (χ2n) is 7.72. The molecular weight excluding hydrogens is 424 g/mol. The van der Waals surface area contributed by atoms with Crippen molar-refractivity contribution in [2.45, 2.75) is 31.7 Å². The van der Waals surface area contributed by atoms with Gasteiger partial charge in [0.05, 0.1) is 23.7 Å². The number of hydrogen-bond donors (Lipinski definition) is 1. The zero-order valence-corrected chi connectivity index (χ0v) is 19.5. The molecule has 7 heteroatoms. The van der Waals surface area contributed by atoms with Crippen LogP contribution in [0.15, 0.2) is 77.7 Å². The maximum Gasteiger partial charge on any atom is 0.264 e. The van der Waals surface area contributed by atoms with E-state index in [0.717, 1.165) is 21.0 Å². The summed E-state index contributed by atoms with van der Waals surface area (Å²) in [4.78, 5) is 13.0. The maximum atomic E-state index is 13.4. The molecule has 3 aromatic rings. The number of carbonyl (C=O) groups is 1. The smallest absolute Gasteiger partial charge is 0.264 e. The van der Waals surface area contributed by atoms with Gasteiger partial charge >= 0.3 is 0 Å². The summed E-state index contributed by atoms with van der Waals surface area (Å²) < 4.78 is 33.2. The van der Waals surface area contributed by atoms with Gasteiger partial charge in [0.1, 0.15) is 12.3 Å². The van der Waals surface area contributed by atoms with Crippen molar-refractivity contribution in [3.05, 3.63) is 89.5 Å². The van der Waals surface area contributed by atoms with Crippen molar-refractivity contribution >= 4 is 21.6 Å². The van der Waals surface area contributed by atoms with E-state index in [-0.39, 0.29) is 17.5 Å². The molecule has 0 aromatic heterocycles. The number of anilines is 1. The van der Waals surface area contributed by atoms with E-state index in [1.165, 1.54) is 7.11 Å². The lowest BCUT2D eigenvalue weighted by Crippen LogP contribution is -2.41. The van der Waals surface area contributed by atoms with Crippen molar-refractivity contribution in [2.75, 3.05) is 18.0 Å². The Morgan fingerprint density at radius 2 is 1.44 bits per heavy atom. The largest absolute Gasteiger partial charge is 0.497 e. The zero-order chi connectivity index (χ0) is 23.3. The molecule has 1 amide bonds. The van der Waals surface area contributed by atoms with Gasteiger partial charge in [-0.15, -0.1) is 0 Å². The summed E-state index contributed by atoms with van der Waals surface area (Å²) in [6.45, 7) is 5.40. The van der Waals surface area contributed by atoms with Crippen molar-refractivity contribution in [3.63, 3.8) is 0 Å². The molecule has 0 aliphatic rings. The number of aryl methyl sites for hydroxylation is 2. The van der Waals surface area contributed by atoms with Crippen LogP contribution in [0.2, 0.25) is 0 Å². The van der Waals surface area contributed by atoms with Gasteiger partial charge < -0.3 is 10.1 Å². The number of hydrogen-bond acceptors (Lipinski definition) is 4. The van der Waals surface area contributed by atoms with Gasteiger partial charge in [0, 0.05) is 0 Å². The maximum absolute atomic E-state index is 13.4. The number of benzene rings is 3. The highest BCUT2D eigenvalue weighted by Gasteiger charge is 2.27. The van der Waals surface area contributed by atoms with Gasteiger partial charge in [0.15, 0.2) is 0 Å². The average molecular weight is 453 g/mol. The Hall–Kier alpha value is -3.32. The van der Waals surface area contributed by atoms with Gasteiger partial charge in [-0.3, -0.25) is 9.10 Å². The van der Waals surface area contributed by atoms with Crippen LogP contribution < -0.4 is 14.4 Å². The molecule has 1 atom stereocenters. The molecule has 0 heterocycles. The van der Waals surface area contributed by atoms with Gasteiger partial charge in [0.2, 0.25) is 5.91 Å².